The molecule has 7 heteroatoms. The highest BCUT2D eigenvalue weighted by molar-refractivity contribution is 5.95. The predicted molar refractivity (Wildman–Crippen MR) is 122 cm³/mol. The van der Waals surface area contributed by atoms with E-state index in [9.17, 15) is 14.4 Å². The average molecular weight is 439 g/mol. The standard InChI is InChI=1S/C25H30N2O5/c1-2-31-25(30)32-21-14-12-19(13-15-21)24(29)26-17-20-10-6-7-11-22(20)27-23(28)16-18-8-4-3-5-9-18/h6-7,10-15,18H,2-5,8-9,16-17H2,1H3,(H,26,29)(H,27,28). The van der Waals surface area contributed by atoms with Crippen LogP contribution in [0.2, 0.25) is 0 Å². The number of hydrogen-bond acceptors (Lipinski definition) is 5. The quantitative estimate of drug-likeness (QED) is 0.444. The number of para-hydroxylation sites is 1. The van der Waals surface area contributed by atoms with Crippen molar-refractivity contribution in [2.75, 3.05) is 11.9 Å². The molecule has 7 nitrogen and oxygen atoms in total. The summed E-state index contributed by atoms with van der Waals surface area (Å²) in [6, 6.07) is 13.7. The summed E-state index contributed by atoms with van der Waals surface area (Å²) in [6.45, 7) is 2.19. The van der Waals surface area contributed by atoms with Crippen LogP contribution in [0.15, 0.2) is 48.5 Å². The zero-order valence-electron chi connectivity index (χ0n) is 18.4. The van der Waals surface area contributed by atoms with Gasteiger partial charge in [-0.3, -0.25) is 9.59 Å². The highest BCUT2D eigenvalue weighted by Gasteiger charge is 2.18. The summed E-state index contributed by atoms with van der Waals surface area (Å²) >= 11 is 0. The molecule has 32 heavy (non-hydrogen) atoms. The SMILES string of the molecule is CCOC(=O)Oc1ccc(C(=O)NCc2ccccc2NC(=O)CC2CCCCC2)cc1. The van der Waals surface area contributed by atoms with Gasteiger partial charge in [-0.2, -0.15) is 0 Å². The van der Waals surface area contributed by atoms with Crippen LogP contribution < -0.4 is 15.4 Å². The number of carbonyl (C=O) groups is 3. The highest BCUT2D eigenvalue weighted by atomic mass is 16.7. The van der Waals surface area contributed by atoms with E-state index in [0.717, 1.165) is 18.4 Å². The van der Waals surface area contributed by atoms with Crippen LogP contribution >= 0.6 is 0 Å². The van der Waals surface area contributed by atoms with E-state index in [2.05, 4.69) is 10.6 Å². The molecule has 170 valence electrons. The number of carbonyl (C=O) groups excluding carboxylic acids is 3. The first kappa shape index (κ1) is 23.3. The molecular weight excluding hydrogens is 408 g/mol. The Morgan fingerprint density at radius 3 is 2.41 bits per heavy atom. The van der Waals surface area contributed by atoms with Crippen LogP contribution in [-0.4, -0.2) is 24.6 Å². The second kappa shape index (κ2) is 11.9. The van der Waals surface area contributed by atoms with Crippen molar-refractivity contribution < 1.29 is 23.9 Å². The van der Waals surface area contributed by atoms with Gasteiger partial charge in [-0.1, -0.05) is 37.5 Å². The van der Waals surface area contributed by atoms with Gasteiger partial charge in [0.15, 0.2) is 0 Å². The molecule has 2 aromatic carbocycles. The van der Waals surface area contributed by atoms with Crippen molar-refractivity contribution in [3.8, 4) is 5.75 Å². The first-order chi connectivity index (χ1) is 15.5. The lowest BCUT2D eigenvalue weighted by molar-refractivity contribution is -0.117. The molecule has 0 heterocycles. The summed E-state index contributed by atoms with van der Waals surface area (Å²) in [7, 11) is 0. The van der Waals surface area contributed by atoms with E-state index in [1.165, 1.54) is 31.4 Å². The number of nitrogens with one attached hydrogen (secondary N) is 2. The molecule has 1 aliphatic carbocycles. The van der Waals surface area contributed by atoms with Gasteiger partial charge in [0.2, 0.25) is 5.91 Å². The molecule has 0 spiro atoms. The molecule has 0 bridgehead atoms. The maximum atomic E-state index is 12.5. The highest BCUT2D eigenvalue weighted by Crippen LogP contribution is 2.27. The van der Waals surface area contributed by atoms with Gasteiger partial charge >= 0.3 is 6.16 Å². The third-order valence-corrected chi connectivity index (χ3v) is 5.51. The Balaban J connectivity index is 1.53. The lowest BCUT2D eigenvalue weighted by atomic mass is 9.87. The summed E-state index contributed by atoms with van der Waals surface area (Å²) < 4.78 is 9.71. The second-order valence-electron chi connectivity index (χ2n) is 7.91. The molecule has 2 N–H and O–H groups in total. The smallest absolute Gasteiger partial charge is 0.434 e. The van der Waals surface area contributed by atoms with E-state index in [1.807, 2.05) is 24.3 Å². The molecule has 1 aliphatic rings. The van der Waals surface area contributed by atoms with Crippen LogP contribution in [0.3, 0.4) is 0 Å². The number of rotatable bonds is 8. The molecule has 0 aromatic heterocycles. The third-order valence-electron chi connectivity index (χ3n) is 5.51. The monoisotopic (exact) mass is 438 g/mol. The number of ether oxygens (including phenoxy) is 2. The van der Waals surface area contributed by atoms with Crippen LogP contribution in [0.1, 0.15) is 61.4 Å². The Morgan fingerprint density at radius 1 is 0.969 bits per heavy atom. The molecule has 0 unspecified atom stereocenters. The van der Waals surface area contributed by atoms with Crippen molar-refractivity contribution in [1.29, 1.82) is 0 Å². The maximum absolute atomic E-state index is 12.5. The van der Waals surface area contributed by atoms with E-state index < -0.39 is 6.16 Å². The number of anilines is 1. The summed E-state index contributed by atoms with van der Waals surface area (Å²) in [5, 5.41) is 5.87. The molecule has 0 radical (unpaired) electrons. The number of hydrogen-bond donors (Lipinski definition) is 2. The largest absolute Gasteiger partial charge is 0.513 e. The third kappa shape index (κ3) is 7.11. The van der Waals surface area contributed by atoms with Crippen molar-refractivity contribution in [1.82, 2.24) is 5.32 Å². The van der Waals surface area contributed by atoms with Crippen molar-refractivity contribution in [3.63, 3.8) is 0 Å². The molecule has 0 aliphatic heterocycles. The average Bonchev–Trinajstić information content (AvgIpc) is 2.79. The Labute approximate surface area is 188 Å². The molecule has 2 amide bonds. The normalized spacial score (nSPS) is 13.8. The van der Waals surface area contributed by atoms with E-state index in [1.54, 1.807) is 19.1 Å². The van der Waals surface area contributed by atoms with E-state index >= 15 is 0 Å². The fraction of sp³-hybridized carbons (Fsp3) is 0.400. The molecule has 1 fully saturated rings. The van der Waals surface area contributed by atoms with Gasteiger partial charge < -0.3 is 20.1 Å². The van der Waals surface area contributed by atoms with E-state index in [-0.39, 0.29) is 25.0 Å². The molecule has 3 rings (SSSR count). The lowest BCUT2D eigenvalue weighted by Crippen LogP contribution is -2.24. The van der Waals surface area contributed by atoms with Crippen LogP contribution in [-0.2, 0) is 16.1 Å². The lowest BCUT2D eigenvalue weighted by Gasteiger charge is -2.21. The van der Waals surface area contributed by atoms with Crippen LogP contribution in [0, 0.1) is 5.92 Å². The molecule has 0 saturated heterocycles. The first-order valence-electron chi connectivity index (χ1n) is 11.2. The summed E-state index contributed by atoms with van der Waals surface area (Å²) in [5.74, 6) is 0.515. The summed E-state index contributed by atoms with van der Waals surface area (Å²) in [4.78, 5) is 36.4. The van der Waals surface area contributed by atoms with Gasteiger partial charge in [0.1, 0.15) is 5.75 Å². The molecule has 2 aromatic rings. The van der Waals surface area contributed by atoms with Crippen LogP contribution in [0.5, 0.6) is 5.75 Å². The summed E-state index contributed by atoms with van der Waals surface area (Å²) in [6.07, 6.45) is 5.67. The van der Waals surface area contributed by atoms with Gasteiger partial charge in [0.05, 0.1) is 6.61 Å². The van der Waals surface area contributed by atoms with Gasteiger partial charge in [-0.05, 0) is 61.6 Å². The predicted octanol–water partition coefficient (Wildman–Crippen LogP) is 5.06. The summed E-state index contributed by atoms with van der Waals surface area (Å²) in [5.41, 5.74) is 1.98. The minimum Gasteiger partial charge on any atom is -0.434 e. The number of benzene rings is 2. The van der Waals surface area contributed by atoms with Gasteiger partial charge in [0.25, 0.3) is 5.91 Å². The minimum atomic E-state index is -0.785. The Kier molecular flexibility index (Phi) is 8.66. The van der Waals surface area contributed by atoms with Crippen LogP contribution in [0.4, 0.5) is 10.5 Å². The Morgan fingerprint density at radius 2 is 1.69 bits per heavy atom. The van der Waals surface area contributed by atoms with Crippen LogP contribution in [0.25, 0.3) is 0 Å². The maximum Gasteiger partial charge on any atom is 0.513 e. The molecule has 0 atom stereocenters. The van der Waals surface area contributed by atoms with Crippen molar-refractivity contribution in [3.05, 3.63) is 59.7 Å². The minimum absolute atomic E-state index is 0.0212. The fourth-order valence-corrected chi connectivity index (χ4v) is 3.85. The van der Waals surface area contributed by atoms with Crippen molar-refractivity contribution in [2.24, 2.45) is 5.92 Å². The molecule has 1 saturated carbocycles. The zero-order chi connectivity index (χ0) is 22.8. The van der Waals surface area contributed by atoms with Gasteiger partial charge in [-0.15, -0.1) is 0 Å². The first-order valence-corrected chi connectivity index (χ1v) is 11.2. The van der Waals surface area contributed by atoms with Gasteiger partial charge in [0, 0.05) is 24.2 Å². The Bertz CT molecular complexity index is 920. The zero-order valence-corrected chi connectivity index (χ0v) is 18.4. The molecular formula is C25H30N2O5. The number of amides is 2. The van der Waals surface area contributed by atoms with Crippen molar-refractivity contribution in [2.45, 2.75) is 52.0 Å². The topological polar surface area (TPSA) is 93.7 Å². The Hall–Kier alpha value is -3.35. The van der Waals surface area contributed by atoms with Gasteiger partial charge in [-0.25, -0.2) is 4.79 Å². The van der Waals surface area contributed by atoms with Crippen molar-refractivity contribution >= 4 is 23.7 Å². The second-order valence-corrected chi connectivity index (χ2v) is 7.91. The van der Waals surface area contributed by atoms with E-state index in [4.69, 9.17) is 9.47 Å². The fourth-order valence-electron chi connectivity index (χ4n) is 3.85. The van der Waals surface area contributed by atoms with E-state index in [0.29, 0.717) is 29.3 Å².